The molecule has 0 aromatic heterocycles. The van der Waals surface area contributed by atoms with Crippen LogP contribution >= 0.6 is 0 Å². The third-order valence-electron chi connectivity index (χ3n) is 3.57. The Morgan fingerprint density at radius 1 is 1.45 bits per heavy atom. The summed E-state index contributed by atoms with van der Waals surface area (Å²) in [5, 5.41) is 3.44. The van der Waals surface area contributed by atoms with Gasteiger partial charge in [-0.3, -0.25) is 0 Å². The lowest BCUT2D eigenvalue weighted by Crippen LogP contribution is -2.41. The molecule has 1 saturated heterocycles. The van der Waals surface area contributed by atoms with Gasteiger partial charge in [-0.25, -0.2) is 4.79 Å². The van der Waals surface area contributed by atoms with Crippen molar-refractivity contribution >= 4 is 25.3 Å². The summed E-state index contributed by atoms with van der Waals surface area (Å²) in [6.45, 7) is 1.85. The molecule has 0 amide bonds. The van der Waals surface area contributed by atoms with Crippen LogP contribution in [-0.2, 0) is 9.53 Å². The molecule has 6 heteroatoms. The highest BCUT2D eigenvalue weighted by Gasteiger charge is 2.19. The summed E-state index contributed by atoms with van der Waals surface area (Å²) in [6, 6.07) is 7.72. The van der Waals surface area contributed by atoms with Crippen molar-refractivity contribution in [2.45, 2.75) is 18.9 Å². The lowest BCUT2D eigenvalue weighted by atomic mass is 9.90. The summed E-state index contributed by atoms with van der Waals surface area (Å²) in [5.41, 5.74) is 1.48. The molecule has 0 saturated carbocycles. The second-order valence-corrected chi connectivity index (χ2v) is 4.96. The standard InChI is InChI=1S/C14H19BN2O3/c1-20-14(19)11-3-2-4-13(9-11)16-12-5-7-17(8-6-12)15-10-18/h2-4,9-10,12,15-16H,5-8H2,1H3. The van der Waals surface area contributed by atoms with Gasteiger partial charge >= 0.3 is 5.97 Å². The molecule has 1 aliphatic rings. The summed E-state index contributed by atoms with van der Waals surface area (Å²) < 4.78 is 4.72. The van der Waals surface area contributed by atoms with Crippen LogP contribution in [0.5, 0.6) is 0 Å². The fraction of sp³-hybridized carbons (Fsp3) is 0.429. The van der Waals surface area contributed by atoms with Crippen molar-refractivity contribution in [3.8, 4) is 0 Å². The molecule has 2 rings (SSSR count). The summed E-state index contributed by atoms with van der Waals surface area (Å²) in [5.74, 6) is -0.325. The molecule has 1 aromatic rings. The Kier molecular flexibility index (Phi) is 5.18. The number of ether oxygens (including phenoxy) is 1. The van der Waals surface area contributed by atoms with Crippen LogP contribution in [-0.4, -0.2) is 50.6 Å². The number of nitrogens with one attached hydrogen (secondary N) is 1. The summed E-state index contributed by atoms with van der Waals surface area (Å²) >= 11 is 0. The first-order chi connectivity index (χ1) is 9.72. The van der Waals surface area contributed by atoms with Crippen LogP contribution in [0.3, 0.4) is 0 Å². The van der Waals surface area contributed by atoms with Gasteiger partial charge in [0.05, 0.1) is 18.9 Å². The van der Waals surface area contributed by atoms with Crippen LogP contribution in [0.25, 0.3) is 0 Å². The Labute approximate surface area is 119 Å². The van der Waals surface area contributed by atoms with Gasteiger partial charge in [-0.1, -0.05) is 6.07 Å². The van der Waals surface area contributed by atoms with E-state index >= 15 is 0 Å². The molecule has 5 nitrogen and oxygen atoms in total. The maximum absolute atomic E-state index is 11.5. The van der Waals surface area contributed by atoms with Crippen LogP contribution < -0.4 is 5.32 Å². The number of carbonyl (C=O) groups is 2. The number of rotatable bonds is 5. The van der Waals surface area contributed by atoms with E-state index in [4.69, 9.17) is 4.74 Å². The third-order valence-corrected chi connectivity index (χ3v) is 3.57. The minimum absolute atomic E-state index is 0.325. The highest BCUT2D eigenvalue weighted by Crippen LogP contribution is 2.17. The molecular weight excluding hydrogens is 255 g/mol. The van der Waals surface area contributed by atoms with Crippen LogP contribution in [0.2, 0.25) is 0 Å². The summed E-state index contributed by atoms with van der Waals surface area (Å²) in [6.07, 6.45) is 2.94. The number of anilines is 1. The van der Waals surface area contributed by atoms with Gasteiger partial charge in [0.2, 0.25) is 0 Å². The highest BCUT2D eigenvalue weighted by atomic mass is 16.5. The average Bonchev–Trinajstić information content (AvgIpc) is 2.49. The van der Waals surface area contributed by atoms with Gasteiger partial charge < -0.3 is 19.7 Å². The monoisotopic (exact) mass is 274 g/mol. The molecule has 106 valence electrons. The minimum atomic E-state index is -0.325. The van der Waals surface area contributed by atoms with Crippen LogP contribution in [0, 0.1) is 0 Å². The number of hydrogen-bond donors (Lipinski definition) is 1. The van der Waals surface area contributed by atoms with E-state index < -0.39 is 0 Å². The SMILES string of the molecule is COC(=O)c1cccc(NC2CCN(BC=O)CC2)c1. The molecule has 0 radical (unpaired) electrons. The number of nitrogens with zero attached hydrogens (tertiary/aromatic N) is 1. The Morgan fingerprint density at radius 3 is 2.85 bits per heavy atom. The quantitative estimate of drug-likeness (QED) is 0.491. The molecule has 1 fully saturated rings. The molecule has 0 atom stereocenters. The van der Waals surface area contributed by atoms with E-state index in [2.05, 4.69) is 10.1 Å². The van der Waals surface area contributed by atoms with E-state index in [0.29, 0.717) is 19.0 Å². The van der Waals surface area contributed by atoms with E-state index in [-0.39, 0.29) is 5.97 Å². The third kappa shape index (κ3) is 3.84. The van der Waals surface area contributed by atoms with E-state index in [1.807, 2.05) is 18.2 Å². The van der Waals surface area contributed by atoms with Gasteiger partial charge in [0.25, 0.3) is 7.41 Å². The Balaban J connectivity index is 1.91. The molecule has 0 aliphatic carbocycles. The summed E-state index contributed by atoms with van der Waals surface area (Å²) in [7, 11) is 1.90. The lowest BCUT2D eigenvalue weighted by molar-refractivity contribution is 0.0601. The number of benzene rings is 1. The second kappa shape index (κ2) is 7.10. The molecule has 20 heavy (non-hydrogen) atoms. The molecule has 0 bridgehead atoms. The normalized spacial score (nSPS) is 16.4. The number of esters is 1. The zero-order chi connectivity index (χ0) is 14.4. The highest BCUT2D eigenvalue weighted by molar-refractivity contribution is 6.64. The van der Waals surface area contributed by atoms with Crippen molar-refractivity contribution in [1.82, 2.24) is 4.81 Å². The van der Waals surface area contributed by atoms with Gasteiger partial charge in [0.1, 0.15) is 0 Å². The first-order valence-electron chi connectivity index (χ1n) is 6.84. The van der Waals surface area contributed by atoms with Crippen molar-refractivity contribution in [3.63, 3.8) is 0 Å². The summed E-state index contributed by atoms with van der Waals surface area (Å²) in [4.78, 5) is 24.1. The van der Waals surface area contributed by atoms with Gasteiger partial charge in [-0.15, -0.1) is 0 Å². The van der Waals surface area contributed by atoms with Gasteiger partial charge in [0, 0.05) is 11.7 Å². The van der Waals surface area contributed by atoms with E-state index in [1.54, 1.807) is 6.07 Å². The minimum Gasteiger partial charge on any atom is -0.465 e. The first-order valence-corrected chi connectivity index (χ1v) is 6.84. The first kappa shape index (κ1) is 14.6. The maximum Gasteiger partial charge on any atom is 0.337 e. The van der Waals surface area contributed by atoms with Gasteiger partial charge in [0.15, 0.2) is 0 Å². The van der Waals surface area contributed by atoms with Crippen LogP contribution in [0.4, 0.5) is 5.69 Å². The molecule has 1 aliphatic heterocycles. The van der Waals surface area contributed by atoms with E-state index in [1.165, 1.54) is 7.11 Å². The van der Waals surface area contributed by atoms with E-state index in [9.17, 15) is 9.59 Å². The van der Waals surface area contributed by atoms with Crippen molar-refractivity contribution in [3.05, 3.63) is 29.8 Å². The average molecular weight is 274 g/mol. The smallest absolute Gasteiger partial charge is 0.337 e. The molecule has 0 unspecified atom stereocenters. The zero-order valence-corrected chi connectivity index (χ0v) is 11.7. The van der Waals surface area contributed by atoms with Crippen LogP contribution in [0.1, 0.15) is 23.2 Å². The van der Waals surface area contributed by atoms with Crippen molar-refractivity contribution in [2.75, 3.05) is 25.5 Å². The molecule has 0 spiro atoms. The lowest BCUT2D eigenvalue weighted by Gasteiger charge is -2.31. The Hall–Kier alpha value is -1.82. The fourth-order valence-electron chi connectivity index (χ4n) is 2.45. The maximum atomic E-state index is 11.5. The molecule has 1 heterocycles. The largest absolute Gasteiger partial charge is 0.465 e. The second-order valence-electron chi connectivity index (χ2n) is 4.96. The van der Waals surface area contributed by atoms with Crippen LogP contribution in [0.15, 0.2) is 24.3 Å². The fourth-order valence-corrected chi connectivity index (χ4v) is 2.45. The number of carbonyl (C=O) groups excluding carboxylic acids is 2. The topological polar surface area (TPSA) is 58.6 Å². The number of piperidine rings is 1. The predicted molar refractivity (Wildman–Crippen MR) is 79.9 cm³/mol. The van der Waals surface area contributed by atoms with Crippen molar-refractivity contribution in [1.29, 1.82) is 0 Å². The Bertz CT molecular complexity index is 473. The predicted octanol–water partition coefficient (Wildman–Crippen LogP) is 0.891. The van der Waals surface area contributed by atoms with Gasteiger partial charge in [-0.2, -0.15) is 0 Å². The van der Waals surface area contributed by atoms with E-state index in [0.717, 1.165) is 37.8 Å². The number of methoxy groups -OCH3 is 1. The molecule has 1 aromatic carbocycles. The number of hydrogen-bond acceptors (Lipinski definition) is 5. The molecule has 1 N–H and O–H groups in total. The van der Waals surface area contributed by atoms with Crippen molar-refractivity contribution in [2.24, 2.45) is 0 Å². The zero-order valence-electron chi connectivity index (χ0n) is 11.7. The molecular formula is C14H19BN2O3. The Morgan fingerprint density at radius 2 is 2.20 bits per heavy atom. The van der Waals surface area contributed by atoms with Crippen molar-refractivity contribution < 1.29 is 14.3 Å². The van der Waals surface area contributed by atoms with Gasteiger partial charge in [-0.05, 0) is 44.1 Å².